The second kappa shape index (κ2) is 7.07. The van der Waals surface area contributed by atoms with Crippen molar-refractivity contribution in [3.8, 4) is 0 Å². The van der Waals surface area contributed by atoms with Crippen molar-refractivity contribution in [2.24, 2.45) is 5.92 Å². The third-order valence-corrected chi connectivity index (χ3v) is 12.3. The fraction of sp³-hybridized carbons (Fsp3) is 0.857. The molecule has 0 aromatic rings. The molecule has 4 nitrogen and oxygen atoms in total. The Morgan fingerprint density at radius 1 is 1.25 bits per heavy atom. The number of hydrogen-bond acceptors (Lipinski definition) is 4. The molecule has 1 saturated carbocycles. The molecule has 20 heavy (non-hydrogen) atoms. The average Bonchev–Trinajstić information content (AvgIpc) is 3.13. The molecule has 1 aliphatic rings. The van der Waals surface area contributed by atoms with Gasteiger partial charge < -0.3 is 9.47 Å². The van der Waals surface area contributed by atoms with E-state index in [2.05, 4.69) is 41.4 Å². The fourth-order valence-electron chi connectivity index (χ4n) is 2.81. The molecule has 2 atom stereocenters. The van der Waals surface area contributed by atoms with Gasteiger partial charge in [0.25, 0.3) is 0 Å². The molecule has 0 heterocycles. The van der Waals surface area contributed by atoms with Crippen molar-refractivity contribution in [3.63, 3.8) is 0 Å². The fourth-order valence-corrected chi connectivity index (χ4v) is 8.99. The van der Waals surface area contributed by atoms with Gasteiger partial charge in [0, 0.05) is 4.32 Å². The van der Waals surface area contributed by atoms with Crippen molar-refractivity contribution in [2.75, 3.05) is 13.7 Å². The minimum absolute atomic E-state index is 0.0888. The Balaban J connectivity index is 2.54. The Kier molecular flexibility index (Phi) is 6.25. The van der Waals surface area contributed by atoms with Crippen LogP contribution in [0.25, 0.3) is 0 Å². The normalized spacial score (nSPS) is 25.1. The predicted octanol–water partition coefficient (Wildman–Crippen LogP) is 3.36. The Labute approximate surface area is 130 Å². The van der Waals surface area contributed by atoms with Gasteiger partial charge in [-0.1, -0.05) is 54.8 Å². The van der Waals surface area contributed by atoms with Gasteiger partial charge in [-0.3, -0.25) is 4.79 Å². The van der Waals surface area contributed by atoms with Crippen LogP contribution in [0.4, 0.5) is 0 Å². The second-order valence-corrected chi connectivity index (χ2v) is 12.8. The minimum atomic E-state index is -1.28. The maximum atomic E-state index is 11.9. The van der Waals surface area contributed by atoms with Gasteiger partial charge in [0.05, 0.1) is 21.1 Å². The summed E-state index contributed by atoms with van der Waals surface area (Å²) < 4.78 is 9.38. The summed E-state index contributed by atoms with van der Waals surface area (Å²) >= 11 is 3.76. The van der Waals surface area contributed by atoms with Crippen LogP contribution in [-0.4, -0.2) is 38.1 Å². The summed E-state index contributed by atoms with van der Waals surface area (Å²) in [6.07, 6.45) is 0.821. The molecule has 1 rings (SSSR count). The highest BCUT2D eigenvalue weighted by Gasteiger charge is 2.59. The molecule has 0 saturated heterocycles. The number of methoxy groups -OCH3 is 1. The summed E-state index contributed by atoms with van der Waals surface area (Å²) in [5.74, 6) is -0.902. The zero-order chi connectivity index (χ0) is 15.4. The van der Waals surface area contributed by atoms with Crippen LogP contribution in [0, 0.1) is 5.92 Å². The van der Waals surface area contributed by atoms with E-state index in [1.807, 2.05) is 0 Å². The molecule has 0 amide bonds. The van der Waals surface area contributed by atoms with Crippen molar-refractivity contribution in [2.45, 2.75) is 55.7 Å². The third kappa shape index (κ3) is 4.07. The number of carbonyl (C=O) groups is 2. The van der Waals surface area contributed by atoms with E-state index in [0.29, 0.717) is 0 Å². The molecule has 0 aromatic carbocycles. The zero-order valence-corrected chi connectivity index (χ0v) is 15.4. The zero-order valence-electron chi connectivity index (χ0n) is 12.8. The van der Waals surface area contributed by atoms with Crippen molar-refractivity contribution >= 4 is 35.9 Å². The van der Waals surface area contributed by atoms with Crippen molar-refractivity contribution in [3.05, 3.63) is 0 Å². The van der Waals surface area contributed by atoms with E-state index < -0.39 is 14.0 Å². The number of ether oxygens (including phenoxy) is 2. The maximum Gasteiger partial charge on any atom is 0.344 e. The quantitative estimate of drug-likeness (QED) is 0.376. The maximum absolute atomic E-state index is 11.9. The number of carbonyl (C=O) groups excluding carboxylic acids is 2. The van der Waals surface area contributed by atoms with Gasteiger partial charge >= 0.3 is 11.9 Å². The van der Waals surface area contributed by atoms with Crippen LogP contribution < -0.4 is 0 Å². The highest BCUT2D eigenvalue weighted by Crippen LogP contribution is 2.58. The highest BCUT2D eigenvalue weighted by molar-refractivity contribution is 9.10. The van der Waals surface area contributed by atoms with Gasteiger partial charge in [-0.25, -0.2) is 4.79 Å². The molecule has 116 valence electrons. The van der Waals surface area contributed by atoms with Crippen LogP contribution in [0.3, 0.4) is 0 Å². The van der Waals surface area contributed by atoms with E-state index in [1.165, 1.54) is 25.2 Å². The van der Waals surface area contributed by atoms with E-state index in [-0.39, 0.29) is 22.8 Å². The number of hydrogen-bond donors (Lipinski definition) is 0. The molecule has 0 aromatic heterocycles. The lowest BCUT2D eigenvalue weighted by Crippen LogP contribution is -2.36. The predicted molar refractivity (Wildman–Crippen MR) is 84.7 cm³/mol. The summed E-state index contributed by atoms with van der Waals surface area (Å²) in [7, 11) is 0.00759. The standard InChI is InChI=1S/C14H25BrO4Si/c1-5-20(6-2,7-3)10-14(15)8-11(14)13(17)19-9-12(16)18-4/h11H,5-10H2,1-4H3/t11-,14+/m0/s1. The van der Waals surface area contributed by atoms with Gasteiger partial charge in [0.1, 0.15) is 0 Å². The summed E-state index contributed by atoms with van der Waals surface area (Å²) in [6, 6.07) is 4.85. The number of halogens is 1. The van der Waals surface area contributed by atoms with E-state index in [9.17, 15) is 9.59 Å². The lowest BCUT2D eigenvalue weighted by Gasteiger charge is -2.30. The molecule has 6 heteroatoms. The Morgan fingerprint density at radius 3 is 2.25 bits per heavy atom. The summed E-state index contributed by atoms with van der Waals surface area (Å²) in [5.41, 5.74) is 0. The van der Waals surface area contributed by atoms with E-state index in [4.69, 9.17) is 4.74 Å². The Bertz CT molecular complexity index is 362. The van der Waals surface area contributed by atoms with Crippen LogP contribution in [0.1, 0.15) is 27.2 Å². The molecule has 1 fully saturated rings. The molecule has 1 aliphatic carbocycles. The molecular weight excluding hydrogens is 340 g/mol. The van der Waals surface area contributed by atoms with E-state index in [0.717, 1.165) is 12.5 Å². The molecule has 0 N–H and O–H groups in total. The van der Waals surface area contributed by atoms with Crippen LogP contribution in [0.5, 0.6) is 0 Å². The van der Waals surface area contributed by atoms with Crippen molar-refractivity contribution < 1.29 is 19.1 Å². The van der Waals surface area contributed by atoms with Gasteiger partial charge in [-0.15, -0.1) is 0 Å². The SMILES string of the molecule is CC[Si](CC)(CC)C[C@]1(Br)C[C@H]1C(=O)OCC(=O)OC. The molecule has 0 bridgehead atoms. The number of rotatable bonds is 8. The van der Waals surface area contributed by atoms with E-state index in [1.54, 1.807) is 0 Å². The molecule has 0 spiro atoms. The van der Waals surface area contributed by atoms with E-state index >= 15 is 0 Å². The smallest absolute Gasteiger partial charge is 0.344 e. The van der Waals surface area contributed by atoms with Gasteiger partial charge in [0.15, 0.2) is 6.61 Å². The molecular formula is C14H25BrO4Si. The topological polar surface area (TPSA) is 52.6 Å². The molecule has 0 aliphatic heterocycles. The summed E-state index contributed by atoms with van der Waals surface area (Å²) in [6.45, 7) is 6.51. The summed E-state index contributed by atoms with van der Waals surface area (Å²) in [5, 5.41) is 0. The summed E-state index contributed by atoms with van der Waals surface area (Å²) in [4.78, 5) is 22.9. The van der Waals surface area contributed by atoms with Crippen molar-refractivity contribution in [1.29, 1.82) is 0 Å². The van der Waals surface area contributed by atoms with Crippen LogP contribution in [0.2, 0.25) is 24.2 Å². The lowest BCUT2D eigenvalue weighted by atomic mass is 10.3. The van der Waals surface area contributed by atoms with Crippen LogP contribution in [0.15, 0.2) is 0 Å². The second-order valence-electron chi connectivity index (χ2n) is 5.71. The largest absolute Gasteiger partial charge is 0.466 e. The Morgan fingerprint density at radius 2 is 1.80 bits per heavy atom. The van der Waals surface area contributed by atoms with Gasteiger partial charge in [-0.05, 0) is 12.5 Å². The first-order valence-corrected chi connectivity index (χ1v) is 10.9. The number of alkyl halides is 1. The minimum Gasteiger partial charge on any atom is -0.466 e. The first-order valence-electron chi connectivity index (χ1n) is 7.28. The first-order chi connectivity index (χ1) is 9.36. The highest BCUT2D eigenvalue weighted by atomic mass is 79.9. The third-order valence-electron chi connectivity index (χ3n) is 4.77. The average molecular weight is 365 g/mol. The Hall–Kier alpha value is -0.363. The lowest BCUT2D eigenvalue weighted by molar-refractivity contribution is -0.157. The van der Waals surface area contributed by atoms with Crippen molar-refractivity contribution in [1.82, 2.24) is 0 Å². The molecule has 0 radical (unpaired) electrons. The van der Waals surface area contributed by atoms with Gasteiger partial charge in [-0.2, -0.15) is 0 Å². The number of esters is 2. The van der Waals surface area contributed by atoms with Crippen LogP contribution >= 0.6 is 15.9 Å². The monoisotopic (exact) mass is 364 g/mol. The van der Waals surface area contributed by atoms with Gasteiger partial charge in [0.2, 0.25) is 0 Å². The first kappa shape index (κ1) is 17.7. The molecule has 0 unspecified atom stereocenters. The van der Waals surface area contributed by atoms with Crippen LogP contribution in [-0.2, 0) is 19.1 Å².